The highest BCUT2D eigenvalue weighted by atomic mass is 16.5. The van der Waals surface area contributed by atoms with E-state index in [0.717, 1.165) is 12.3 Å². The lowest BCUT2D eigenvalue weighted by Crippen LogP contribution is -2.38. The number of ether oxygens (including phenoxy) is 2. The van der Waals surface area contributed by atoms with Gasteiger partial charge in [0.05, 0.1) is 6.10 Å². The first-order chi connectivity index (χ1) is 8.40. The van der Waals surface area contributed by atoms with Gasteiger partial charge in [-0.1, -0.05) is 18.2 Å². The van der Waals surface area contributed by atoms with Crippen molar-refractivity contribution in [3.8, 4) is 5.75 Å². The third-order valence-electron chi connectivity index (χ3n) is 3.28. The van der Waals surface area contributed by atoms with Crippen molar-refractivity contribution in [2.75, 3.05) is 20.3 Å². The van der Waals surface area contributed by atoms with Crippen molar-refractivity contribution in [1.82, 2.24) is 5.32 Å². The van der Waals surface area contributed by atoms with Gasteiger partial charge in [0, 0.05) is 19.7 Å². The van der Waals surface area contributed by atoms with E-state index in [0.29, 0.717) is 18.8 Å². The van der Waals surface area contributed by atoms with E-state index < -0.39 is 0 Å². The van der Waals surface area contributed by atoms with Crippen molar-refractivity contribution < 1.29 is 9.47 Å². The van der Waals surface area contributed by atoms with E-state index in [-0.39, 0.29) is 0 Å². The minimum Gasteiger partial charge on any atom is -0.492 e. The van der Waals surface area contributed by atoms with E-state index in [1.54, 1.807) is 7.11 Å². The average molecular weight is 235 g/mol. The Balaban J connectivity index is 1.63. The molecule has 0 radical (unpaired) electrons. The summed E-state index contributed by atoms with van der Waals surface area (Å²) < 4.78 is 11.1. The van der Waals surface area contributed by atoms with Gasteiger partial charge < -0.3 is 14.8 Å². The third kappa shape index (κ3) is 3.72. The summed E-state index contributed by atoms with van der Waals surface area (Å²) >= 11 is 0. The smallest absolute Gasteiger partial charge is 0.119 e. The molecule has 2 rings (SSSR count). The summed E-state index contributed by atoms with van der Waals surface area (Å²) in [6.45, 7) is 1.58. The number of hydrogen-bond donors (Lipinski definition) is 1. The van der Waals surface area contributed by atoms with Gasteiger partial charge in [-0.3, -0.25) is 0 Å². The Bertz CT molecular complexity index is 315. The van der Waals surface area contributed by atoms with Gasteiger partial charge in [0.15, 0.2) is 0 Å². The molecule has 1 aromatic carbocycles. The molecule has 0 amide bonds. The second-order valence-electron chi connectivity index (χ2n) is 4.43. The number of nitrogens with one attached hydrogen (secondary N) is 1. The summed E-state index contributed by atoms with van der Waals surface area (Å²) in [5.41, 5.74) is 0. The van der Waals surface area contributed by atoms with Crippen molar-refractivity contribution in [2.24, 2.45) is 0 Å². The summed E-state index contributed by atoms with van der Waals surface area (Å²) in [5.74, 6) is 0.934. The number of para-hydroxylation sites is 1. The van der Waals surface area contributed by atoms with Gasteiger partial charge in [-0.25, -0.2) is 0 Å². The molecular formula is C14H21NO2. The zero-order valence-corrected chi connectivity index (χ0v) is 10.4. The van der Waals surface area contributed by atoms with Crippen LogP contribution in [0.3, 0.4) is 0 Å². The Labute approximate surface area is 103 Å². The lowest BCUT2D eigenvalue weighted by Gasteiger charge is -2.19. The zero-order valence-electron chi connectivity index (χ0n) is 10.4. The number of rotatable bonds is 6. The van der Waals surface area contributed by atoms with Gasteiger partial charge in [0.2, 0.25) is 0 Å². The number of methoxy groups -OCH3 is 1. The summed E-state index contributed by atoms with van der Waals surface area (Å²) in [5, 5.41) is 3.50. The molecule has 1 saturated carbocycles. The molecule has 0 saturated heterocycles. The monoisotopic (exact) mass is 235 g/mol. The van der Waals surface area contributed by atoms with Crippen molar-refractivity contribution in [2.45, 2.75) is 31.4 Å². The molecule has 1 N–H and O–H groups in total. The van der Waals surface area contributed by atoms with Crippen molar-refractivity contribution >= 4 is 0 Å². The molecular weight excluding hydrogens is 214 g/mol. The van der Waals surface area contributed by atoms with Crippen molar-refractivity contribution in [1.29, 1.82) is 0 Å². The van der Waals surface area contributed by atoms with Crippen LogP contribution in [0.15, 0.2) is 30.3 Å². The lowest BCUT2D eigenvalue weighted by atomic mass is 10.2. The first-order valence-corrected chi connectivity index (χ1v) is 6.34. The quantitative estimate of drug-likeness (QED) is 0.767. The fraction of sp³-hybridized carbons (Fsp3) is 0.571. The molecule has 0 bridgehead atoms. The molecule has 0 aliphatic heterocycles. The van der Waals surface area contributed by atoms with Crippen LogP contribution in [0.4, 0.5) is 0 Å². The largest absolute Gasteiger partial charge is 0.492 e. The van der Waals surface area contributed by atoms with Gasteiger partial charge in [-0.15, -0.1) is 0 Å². The van der Waals surface area contributed by atoms with Crippen LogP contribution in [0.5, 0.6) is 5.75 Å². The minimum absolute atomic E-state index is 0.381. The second-order valence-corrected chi connectivity index (χ2v) is 4.43. The van der Waals surface area contributed by atoms with Crippen molar-refractivity contribution in [3.63, 3.8) is 0 Å². The SMILES string of the molecule is COC1CCCC1NCCOc1ccccc1. The van der Waals surface area contributed by atoms with E-state index in [2.05, 4.69) is 5.32 Å². The van der Waals surface area contributed by atoms with E-state index in [9.17, 15) is 0 Å². The Morgan fingerprint density at radius 1 is 1.24 bits per heavy atom. The molecule has 0 spiro atoms. The average Bonchev–Trinajstić information content (AvgIpc) is 2.83. The Morgan fingerprint density at radius 2 is 2.06 bits per heavy atom. The standard InChI is InChI=1S/C14H21NO2/c1-16-14-9-5-8-13(14)15-10-11-17-12-6-3-2-4-7-12/h2-4,6-7,13-15H,5,8-11H2,1H3. The lowest BCUT2D eigenvalue weighted by molar-refractivity contribution is 0.0840. The van der Waals surface area contributed by atoms with Crippen molar-refractivity contribution in [3.05, 3.63) is 30.3 Å². The van der Waals surface area contributed by atoms with Crippen LogP contribution in [0.1, 0.15) is 19.3 Å². The van der Waals surface area contributed by atoms with Crippen LogP contribution in [-0.2, 0) is 4.74 Å². The highest BCUT2D eigenvalue weighted by Gasteiger charge is 2.26. The van der Waals surface area contributed by atoms with Gasteiger partial charge in [-0.05, 0) is 31.4 Å². The predicted molar refractivity (Wildman–Crippen MR) is 68.4 cm³/mol. The van der Waals surface area contributed by atoms with Crippen LogP contribution in [-0.4, -0.2) is 32.4 Å². The molecule has 3 heteroatoms. The first-order valence-electron chi connectivity index (χ1n) is 6.34. The normalized spacial score (nSPS) is 23.8. The molecule has 2 unspecified atom stereocenters. The fourth-order valence-electron chi connectivity index (χ4n) is 2.37. The van der Waals surface area contributed by atoms with Crippen LogP contribution >= 0.6 is 0 Å². The van der Waals surface area contributed by atoms with Gasteiger partial charge in [0.25, 0.3) is 0 Å². The third-order valence-corrected chi connectivity index (χ3v) is 3.28. The molecule has 1 fully saturated rings. The maximum absolute atomic E-state index is 5.63. The maximum Gasteiger partial charge on any atom is 0.119 e. The van der Waals surface area contributed by atoms with Crippen LogP contribution in [0.2, 0.25) is 0 Å². The second kappa shape index (κ2) is 6.62. The highest BCUT2D eigenvalue weighted by Crippen LogP contribution is 2.21. The number of hydrogen-bond acceptors (Lipinski definition) is 3. The predicted octanol–water partition coefficient (Wildman–Crippen LogP) is 2.22. The molecule has 1 aliphatic carbocycles. The van der Waals surface area contributed by atoms with E-state index in [1.165, 1.54) is 19.3 Å². The van der Waals surface area contributed by atoms with E-state index >= 15 is 0 Å². The molecule has 2 atom stereocenters. The molecule has 0 heterocycles. The fourth-order valence-corrected chi connectivity index (χ4v) is 2.37. The molecule has 17 heavy (non-hydrogen) atoms. The minimum atomic E-state index is 0.381. The van der Waals surface area contributed by atoms with Gasteiger partial charge in [0.1, 0.15) is 12.4 Å². The van der Waals surface area contributed by atoms with Gasteiger partial charge >= 0.3 is 0 Å². The van der Waals surface area contributed by atoms with Crippen LogP contribution < -0.4 is 10.1 Å². The molecule has 1 aromatic rings. The molecule has 3 nitrogen and oxygen atoms in total. The molecule has 94 valence electrons. The molecule has 0 aromatic heterocycles. The summed E-state index contributed by atoms with van der Waals surface area (Å²) in [4.78, 5) is 0. The summed E-state index contributed by atoms with van der Waals surface area (Å²) in [6.07, 6.45) is 4.03. The maximum atomic E-state index is 5.63. The number of benzene rings is 1. The van der Waals surface area contributed by atoms with Crippen LogP contribution in [0, 0.1) is 0 Å². The highest BCUT2D eigenvalue weighted by molar-refractivity contribution is 5.20. The Kier molecular flexibility index (Phi) is 4.83. The summed E-state index contributed by atoms with van der Waals surface area (Å²) in [6, 6.07) is 10.4. The van der Waals surface area contributed by atoms with E-state index in [1.807, 2.05) is 30.3 Å². The van der Waals surface area contributed by atoms with Gasteiger partial charge in [-0.2, -0.15) is 0 Å². The topological polar surface area (TPSA) is 30.5 Å². The van der Waals surface area contributed by atoms with Crippen LogP contribution in [0.25, 0.3) is 0 Å². The Hall–Kier alpha value is -1.06. The first kappa shape index (κ1) is 12.4. The molecule has 1 aliphatic rings. The summed E-state index contributed by atoms with van der Waals surface area (Å²) in [7, 11) is 1.80. The zero-order chi connectivity index (χ0) is 11.9. The Morgan fingerprint density at radius 3 is 2.82 bits per heavy atom. The van der Waals surface area contributed by atoms with E-state index in [4.69, 9.17) is 9.47 Å².